The topological polar surface area (TPSA) is 98.2 Å². The molecule has 1 aliphatic carbocycles. The van der Waals surface area contributed by atoms with E-state index in [1.54, 1.807) is 0 Å². The third-order valence-electron chi connectivity index (χ3n) is 2.83. The maximum atomic E-state index is 11.9. The number of nitrogens with one attached hydrogen (secondary N) is 1. The van der Waals surface area contributed by atoms with Crippen molar-refractivity contribution < 1.29 is 13.3 Å². The number of hydrogen-bond donors (Lipinski definition) is 1. The minimum atomic E-state index is -3.73. The molecule has 2 rings (SSSR count). The number of aromatic nitrogens is 2. The van der Waals surface area contributed by atoms with Crippen molar-refractivity contribution in [3.8, 4) is 0 Å². The lowest BCUT2D eigenvalue weighted by Crippen LogP contribution is -2.40. The minimum Gasteiger partial charge on any atom is -0.408 e. The highest BCUT2D eigenvalue weighted by Gasteiger charge is 2.35. The third kappa shape index (κ3) is 2.73. The number of nitrogens with zero attached hydrogens (tertiary/aromatic N) is 1. The Morgan fingerprint density at radius 3 is 2.47 bits per heavy atom. The number of sulfone groups is 1. The molecule has 0 amide bonds. The summed E-state index contributed by atoms with van der Waals surface area (Å²) in [5, 5.41) is -0.308. The van der Waals surface area contributed by atoms with E-state index in [9.17, 15) is 18.0 Å². The van der Waals surface area contributed by atoms with Crippen LogP contribution in [0.1, 0.15) is 37.7 Å². The van der Waals surface area contributed by atoms with Gasteiger partial charge in [0.25, 0.3) is 5.56 Å². The SMILES string of the molecule is CCCOn1c(S(C)(=O)=O)c(C2CC2)c(=O)[nH]c1=O. The molecule has 1 aromatic heterocycles. The van der Waals surface area contributed by atoms with Crippen LogP contribution in [0.4, 0.5) is 0 Å². The molecular formula is C11H16N2O5S. The van der Waals surface area contributed by atoms with Crippen LogP contribution in [0.5, 0.6) is 0 Å². The van der Waals surface area contributed by atoms with Crippen molar-refractivity contribution >= 4 is 9.84 Å². The van der Waals surface area contributed by atoms with Crippen LogP contribution in [-0.4, -0.2) is 31.0 Å². The maximum Gasteiger partial charge on any atom is 0.362 e. The van der Waals surface area contributed by atoms with E-state index < -0.39 is 21.1 Å². The first-order valence-electron chi connectivity index (χ1n) is 6.08. The summed E-state index contributed by atoms with van der Waals surface area (Å²) in [4.78, 5) is 30.8. The summed E-state index contributed by atoms with van der Waals surface area (Å²) < 4.78 is 24.5. The third-order valence-corrected chi connectivity index (χ3v) is 3.91. The first-order chi connectivity index (χ1) is 8.86. The molecule has 1 aromatic rings. The minimum absolute atomic E-state index is 0.106. The van der Waals surface area contributed by atoms with E-state index in [0.29, 0.717) is 11.2 Å². The van der Waals surface area contributed by atoms with E-state index in [1.165, 1.54) is 0 Å². The highest BCUT2D eigenvalue weighted by atomic mass is 32.2. The Bertz CT molecular complexity index is 697. The lowest BCUT2D eigenvalue weighted by molar-refractivity contribution is 0.0776. The second-order valence-electron chi connectivity index (χ2n) is 4.65. The van der Waals surface area contributed by atoms with Gasteiger partial charge in [0.1, 0.15) is 6.61 Å². The molecule has 0 aliphatic heterocycles. The number of rotatable bonds is 5. The Hall–Kier alpha value is -1.57. The second kappa shape index (κ2) is 4.84. The van der Waals surface area contributed by atoms with Crippen LogP contribution in [0.2, 0.25) is 0 Å². The second-order valence-corrected chi connectivity index (χ2v) is 6.58. The van der Waals surface area contributed by atoms with Crippen LogP contribution in [0, 0.1) is 0 Å². The van der Waals surface area contributed by atoms with Gasteiger partial charge in [-0.25, -0.2) is 13.2 Å². The van der Waals surface area contributed by atoms with Gasteiger partial charge in [0, 0.05) is 6.26 Å². The molecule has 1 saturated carbocycles. The molecule has 106 valence electrons. The Balaban J connectivity index is 2.74. The van der Waals surface area contributed by atoms with Gasteiger partial charge in [0.05, 0.1) is 5.56 Å². The van der Waals surface area contributed by atoms with Crippen molar-refractivity contribution in [2.45, 2.75) is 37.1 Å². The summed E-state index contributed by atoms with van der Waals surface area (Å²) in [6.07, 6.45) is 3.08. The van der Waals surface area contributed by atoms with Crippen LogP contribution < -0.4 is 16.1 Å². The van der Waals surface area contributed by atoms with E-state index in [2.05, 4.69) is 4.98 Å². The largest absolute Gasteiger partial charge is 0.408 e. The summed E-state index contributed by atoms with van der Waals surface area (Å²) in [7, 11) is -3.73. The van der Waals surface area contributed by atoms with Crippen molar-refractivity contribution in [1.29, 1.82) is 0 Å². The summed E-state index contributed by atoms with van der Waals surface area (Å²) >= 11 is 0. The van der Waals surface area contributed by atoms with Crippen molar-refractivity contribution in [1.82, 2.24) is 9.71 Å². The predicted molar refractivity (Wildman–Crippen MR) is 68.1 cm³/mol. The van der Waals surface area contributed by atoms with Gasteiger partial charge in [0.2, 0.25) is 0 Å². The summed E-state index contributed by atoms with van der Waals surface area (Å²) in [5.41, 5.74) is -1.36. The molecule has 1 N–H and O–H groups in total. The smallest absolute Gasteiger partial charge is 0.362 e. The molecule has 0 atom stereocenters. The summed E-state index contributed by atoms with van der Waals surface area (Å²) in [5.74, 6) is -0.106. The van der Waals surface area contributed by atoms with Gasteiger partial charge >= 0.3 is 5.69 Å². The Morgan fingerprint density at radius 1 is 1.37 bits per heavy atom. The molecule has 0 unspecified atom stereocenters. The summed E-state index contributed by atoms with van der Waals surface area (Å²) in [6, 6.07) is 0. The Kier molecular flexibility index (Phi) is 3.53. The van der Waals surface area contributed by atoms with Gasteiger partial charge in [-0.2, -0.15) is 0 Å². The molecule has 1 heterocycles. The highest BCUT2D eigenvalue weighted by Crippen LogP contribution is 2.40. The van der Waals surface area contributed by atoms with Crippen LogP contribution in [0.3, 0.4) is 0 Å². The lowest BCUT2D eigenvalue weighted by atomic mass is 10.2. The van der Waals surface area contributed by atoms with Crippen molar-refractivity contribution in [2.75, 3.05) is 12.9 Å². The van der Waals surface area contributed by atoms with Crippen molar-refractivity contribution in [2.24, 2.45) is 0 Å². The molecule has 0 radical (unpaired) electrons. The average molecular weight is 288 g/mol. The van der Waals surface area contributed by atoms with E-state index in [4.69, 9.17) is 4.84 Å². The van der Waals surface area contributed by atoms with Gasteiger partial charge in [-0.15, -0.1) is 4.73 Å². The lowest BCUT2D eigenvalue weighted by Gasteiger charge is -2.14. The molecule has 7 nitrogen and oxygen atoms in total. The van der Waals surface area contributed by atoms with Crippen LogP contribution in [0.25, 0.3) is 0 Å². The normalized spacial score (nSPS) is 15.5. The summed E-state index contributed by atoms with van der Waals surface area (Å²) in [6.45, 7) is 2.03. The van der Waals surface area contributed by atoms with Gasteiger partial charge in [-0.05, 0) is 25.2 Å². The van der Waals surface area contributed by atoms with Crippen LogP contribution in [0.15, 0.2) is 14.6 Å². The molecule has 0 bridgehead atoms. The van der Waals surface area contributed by atoms with Gasteiger partial charge in [-0.3, -0.25) is 9.78 Å². The van der Waals surface area contributed by atoms with Gasteiger partial charge < -0.3 is 4.84 Å². The number of hydrogen-bond acceptors (Lipinski definition) is 5. The zero-order valence-electron chi connectivity index (χ0n) is 10.8. The monoisotopic (exact) mass is 288 g/mol. The van der Waals surface area contributed by atoms with E-state index in [0.717, 1.165) is 19.1 Å². The molecule has 0 aromatic carbocycles. The fourth-order valence-electron chi connectivity index (χ4n) is 1.90. The molecule has 1 aliphatic rings. The Morgan fingerprint density at radius 2 is 2.00 bits per heavy atom. The fraction of sp³-hybridized carbons (Fsp3) is 0.636. The van der Waals surface area contributed by atoms with Crippen LogP contribution in [-0.2, 0) is 9.84 Å². The van der Waals surface area contributed by atoms with Crippen molar-refractivity contribution in [3.05, 3.63) is 26.4 Å². The van der Waals surface area contributed by atoms with Crippen molar-refractivity contribution in [3.63, 3.8) is 0 Å². The first-order valence-corrected chi connectivity index (χ1v) is 7.98. The quantitative estimate of drug-likeness (QED) is 0.747. The molecule has 8 heteroatoms. The molecule has 0 spiro atoms. The molecule has 1 fully saturated rings. The predicted octanol–water partition coefficient (Wildman–Crippen LogP) is -0.344. The van der Waals surface area contributed by atoms with E-state index >= 15 is 0 Å². The van der Waals surface area contributed by atoms with E-state index in [1.807, 2.05) is 6.92 Å². The van der Waals surface area contributed by atoms with Gasteiger partial charge in [0.15, 0.2) is 14.9 Å². The number of H-pyrrole nitrogens is 1. The Labute approximate surface area is 110 Å². The fourth-order valence-corrected chi connectivity index (χ4v) is 2.99. The van der Waals surface area contributed by atoms with Crippen LogP contribution >= 0.6 is 0 Å². The highest BCUT2D eigenvalue weighted by molar-refractivity contribution is 7.90. The standard InChI is InChI=1S/C11H16N2O5S/c1-3-6-18-13-10(19(2,16)17)8(7-4-5-7)9(14)12-11(13)15/h7H,3-6H2,1-2H3,(H,12,14,15). The van der Waals surface area contributed by atoms with E-state index in [-0.39, 0.29) is 23.1 Å². The van der Waals surface area contributed by atoms with Gasteiger partial charge in [-0.1, -0.05) is 6.92 Å². The zero-order chi connectivity index (χ0) is 14.2. The molecule has 19 heavy (non-hydrogen) atoms. The average Bonchev–Trinajstić information content (AvgIpc) is 3.09. The maximum absolute atomic E-state index is 11.9. The molecule has 0 saturated heterocycles. The first kappa shape index (κ1) is 13.9. The number of aromatic amines is 1. The molecular weight excluding hydrogens is 272 g/mol. The zero-order valence-corrected chi connectivity index (χ0v) is 11.6.